The monoisotopic (exact) mass is 493 g/mol. The van der Waals surface area contributed by atoms with Crippen LogP contribution in [-0.2, 0) is 14.8 Å². The maximum atomic E-state index is 12.9. The van der Waals surface area contributed by atoms with Gasteiger partial charge in [0, 0.05) is 13.1 Å². The summed E-state index contributed by atoms with van der Waals surface area (Å²) >= 11 is 5.42. The lowest BCUT2D eigenvalue weighted by molar-refractivity contribution is -0.137. The maximum absolute atomic E-state index is 12.9. The number of thiocarbonyl (C=S) groups is 1. The standard InChI is InChI=1S/C22H27N3O6S2/c1-30-16-7-5-6-15(12-16)18(14-21(26)27)23-22(32)24-19-13-17(8-9-20(19)31-2)33(28,29)25-10-3-4-11-25/h5-9,12-13,18H,3-4,10-11,14H2,1-2H3,(H,26,27)(H2,23,24,32). The molecule has 0 saturated carbocycles. The van der Waals surface area contributed by atoms with E-state index in [4.69, 9.17) is 21.7 Å². The number of rotatable bonds is 9. The van der Waals surface area contributed by atoms with Crippen LogP contribution < -0.4 is 20.1 Å². The third-order valence-electron chi connectivity index (χ3n) is 5.30. The van der Waals surface area contributed by atoms with Crippen molar-refractivity contribution in [3.8, 4) is 11.5 Å². The van der Waals surface area contributed by atoms with Crippen molar-refractivity contribution in [3.05, 3.63) is 48.0 Å². The summed E-state index contributed by atoms with van der Waals surface area (Å²) in [5.74, 6) is -0.0184. The predicted octanol–water partition coefficient (Wildman–Crippen LogP) is 2.99. The number of anilines is 1. The molecule has 0 amide bonds. The first kappa shape index (κ1) is 24.7. The highest BCUT2D eigenvalue weighted by Gasteiger charge is 2.28. The van der Waals surface area contributed by atoms with E-state index in [9.17, 15) is 18.3 Å². The summed E-state index contributed by atoms with van der Waals surface area (Å²) in [5, 5.41) is 15.4. The van der Waals surface area contributed by atoms with Crippen LogP contribution in [0.15, 0.2) is 47.4 Å². The molecule has 0 aromatic heterocycles. The number of sulfonamides is 1. The van der Waals surface area contributed by atoms with Crippen LogP contribution in [0.4, 0.5) is 5.69 Å². The summed E-state index contributed by atoms with van der Waals surface area (Å²) in [4.78, 5) is 11.6. The van der Waals surface area contributed by atoms with Crippen LogP contribution in [0.1, 0.15) is 30.9 Å². The predicted molar refractivity (Wildman–Crippen MR) is 128 cm³/mol. The number of ether oxygens (including phenoxy) is 2. The van der Waals surface area contributed by atoms with Crippen molar-refractivity contribution >= 4 is 39.0 Å². The van der Waals surface area contributed by atoms with Crippen LogP contribution in [0, 0.1) is 0 Å². The van der Waals surface area contributed by atoms with E-state index in [0.29, 0.717) is 35.8 Å². The zero-order chi connectivity index (χ0) is 24.0. The second-order valence-corrected chi connectivity index (χ2v) is 9.84. The minimum Gasteiger partial charge on any atom is -0.497 e. The van der Waals surface area contributed by atoms with Crippen molar-refractivity contribution in [2.75, 3.05) is 32.6 Å². The lowest BCUT2D eigenvalue weighted by atomic mass is 10.0. The fourth-order valence-electron chi connectivity index (χ4n) is 3.62. The van der Waals surface area contributed by atoms with E-state index in [1.807, 2.05) is 0 Å². The molecule has 1 unspecified atom stereocenters. The number of nitrogens with zero attached hydrogens (tertiary/aromatic N) is 1. The first-order valence-corrected chi connectivity index (χ1v) is 12.2. The molecule has 1 heterocycles. The van der Waals surface area contributed by atoms with Gasteiger partial charge in [-0.1, -0.05) is 12.1 Å². The van der Waals surface area contributed by atoms with Crippen LogP contribution in [0.5, 0.6) is 11.5 Å². The van der Waals surface area contributed by atoms with Gasteiger partial charge in [0.15, 0.2) is 5.11 Å². The van der Waals surface area contributed by atoms with Crippen LogP contribution >= 0.6 is 12.2 Å². The molecule has 11 heteroatoms. The molecule has 2 aromatic carbocycles. The van der Waals surface area contributed by atoms with Gasteiger partial charge in [0.05, 0.1) is 37.3 Å². The molecule has 0 radical (unpaired) electrons. The van der Waals surface area contributed by atoms with Crippen molar-refractivity contribution in [2.24, 2.45) is 0 Å². The molecule has 1 fully saturated rings. The van der Waals surface area contributed by atoms with Gasteiger partial charge in [-0.25, -0.2) is 8.42 Å². The van der Waals surface area contributed by atoms with Crippen LogP contribution in [-0.4, -0.2) is 56.2 Å². The van der Waals surface area contributed by atoms with Gasteiger partial charge < -0.3 is 25.2 Å². The number of aliphatic carboxylic acids is 1. The van der Waals surface area contributed by atoms with Gasteiger partial charge >= 0.3 is 5.97 Å². The third kappa shape index (κ3) is 6.12. The Balaban J connectivity index is 1.83. The second kappa shape index (κ2) is 10.8. The maximum Gasteiger partial charge on any atom is 0.305 e. The fourth-order valence-corrected chi connectivity index (χ4v) is 5.42. The molecule has 0 aliphatic carbocycles. The highest BCUT2D eigenvalue weighted by molar-refractivity contribution is 7.89. The Labute approximate surface area is 198 Å². The minimum absolute atomic E-state index is 0.123. The van der Waals surface area contributed by atoms with Gasteiger partial charge in [-0.2, -0.15) is 4.31 Å². The van der Waals surface area contributed by atoms with Crippen LogP contribution in [0.3, 0.4) is 0 Å². The Hall–Kier alpha value is -2.89. The third-order valence-corrected chi connectivity index (χ3v) is 7.42. The molecule has 9 nitrogen and oxygen atoms in total. The lowest BCUT2D eigenvalue weighted by Crippen LogP contribution is -2.34. The molecular weight excluding hydrogens is 466 g/mol. The first-order chi connectivity index (χ1) is 15.7. The summed E-state index contributed by atoms with van der Waals surface area (Å²) in [6.45, 7) is 0.989. The largest absolute Gasteiger partial charge is 0.497 e. The van der Waals surface area contributed by atoms with E-state index in [1.54, 1.807) is 30.3 Å². The van der Waals surface area contributed by atoms with Gasteiger partial charge in [-0.05, 0) is 61.0 Å². The molecule has 1 saturated heterocycles. The number of carbonyl (C=O) groups is 1. The van der Waals surface area contributed by atoms with E-state index >= 15 is 0 Å². The first-order valence-electron chi connectivity index (χ1n) is 10.4. The highest BCUT2D eigenvalue weighted by atomic mass is 32.2. The van der Waals surface area contributed by atoms with Gasteiger partial charge in [-0.15, -0.1) is 0 Å². The highest BCUT2D eigenvalue weighted by Crippen LogP contribution is 2.30. The molecule has 1 aliphatic heterocycles. The number of hydrogen-bond acceptors (Lipinski definition) is 6. The van der Waals surface area contributed by atoms with Crippen LogP contribution in [0.25, 0.3) is 0 Å². The molecule has 0 spiro atoms. The van der Waals surface area contributed by atoms with E-state index < -0.39 is 22.0 Å². The molecule has 1 atom stereocenters. The smallest absolute Gasteiger partial charge is 0.305 e. The number of methoxy groups -OCH3 is 2. The zero-order valence-corrected chi connectivity index (χ0v) is 20.0. The van der Waals surface area contributed by atoms with E-state index in [1.165, 1.54) is 30.7 Å². The average Bonchev–Trinajstić information content (AvgIpc) is 3.34. The SMILES string of the molecule is COc1cccc(C(CC(=O)O)NC(=S)Nc2cc(S(=O)(=O)N3CCCC3)ccc2OC)c1. The van der Waals surface area contributed by atoms with Gasteiger partial charge in [0.2, 0.25) is 10.0 Å². The van der Waals surface area contributed by atoms with Gasteiger partial charge in [0.1, 0.15) is 11.5 Å². The van der Waals surface area contributed by atoms with Crippen molar-refractivity contribution in [3.63, 3.8) is 0 Å². The Morgan fingerprint density at radius 3 is 2.52 bits per heavy atom. The molecule has 2 aromatic rings. The summed E-state index contributed by atoms with van der Waals surface area (Å²) in [6, 6.07) is 10.9. The van der Waals surface area contributed by atoms with Crippen molar-refractivity contribution in [1.29, 1.82) is 0 Å². The zero-order valence-electron chi connectivity index (χ0n) is 18.4. The topological polar surface area (TPSA) is 117 Å². The van der Waals surface area contributed by atoms with Gasteiger partial charge in [-0.3, -0.25) is 4.79 Å². The fraction of sp³-hybridized carbons (Fsp3) is 0.364. The van der Waals surface area contributed by atoms with E-state index in [0.717, 1.165) is 12.8 Å². The number of carboxylic acids is 1. The van der Waals surface area contributed by atoms with Crippen molar-refractivity contribution < 1.29 is 27.8 Å². The normalized spacial score (nSPS) is 15.0. The van der Waals surface area contributed by atoms with E-state index in [-0.39, 0.29) is 16.4 Å². The summed E-state index contributed by atoms with van der Waals surface area (Å²) < 4.78 is 37.9. The average molecular weight is 494 g/mol. The Kier molecular flexibility index (Phi) is 8.11. The summed E-state index contributed by atoms with van der Waals surface area (Å²) in [7, 11) is -0.634. The Bertz CT molecular complexity index is 1120. The number of nitrogens with one attached hydrogen (secondary N) is 2. The second-order valence-electron chi connectivity index (χ2n) is 7.50. The van der Waals surface area contributed by atoms with Gasteiger partial charge in [0.25, 0.3) is 0 Å². The van der Waals surface area contributed by atoms with Crippen molar-refractivity contribution in [2.45, 2.75) is 30.2 Å². The van der Waals surface area contributed by atoms with Crippen molar-refractivity contribution in [1.82, 2.24) is 9.62 Å². The quantitative estimate of drug-likeness (QED) is 0.453. The Morgan fingerprint density at radius 1 is 1.15 bits per heavy atom. The number of hydrogen-bond donors (Lipinski definition) is 3. The molecule has 178 valence electrons. The summed E-state index contributed by atoms with van der Waals surface area (Å²) in [5.41, 5.74) is 1.04. The van der Waals surface area contributed by atoms with E-state index in [2.05, 4.69) is 10.6 Å². The number of carboxylic acid groups (broad SMARTS) is 1. The molecule has 1 aliphatic rings. The van der Waals surface area contributed by atoms with Crippen LogP contribution in [0.2, 0.25) is 0 Å². The minimum atomic E-state index is -3.63. The molecule has 0 bridgehead atoms. The lowest BCUT2D eigenvalue weighted by Gasteiger charge is -2.22. The molecule has 33 heavy (non-hydrogen) atoms. The molecule has 3 rings (SSSR count). The Morgan fingerprint density at radius 2 is 1.88 bits per heavy atom. The molecule has 3 N–H and O–H groups in total. The summed E-state index contributed by atoms with van der Waals surface area (Å²) in [6.07, 6.45) is 1.45. The molecular formula is C22H27N3O6S2. The number of benzene rings is 2.